The molecule has 0 atom stereocenters. The van der Waals surface area contributed by atoms with Gasteiger partial charge in [0.25, 0.3) is 5.91 Å². The second kappa shape index (κ2) is 9.84. The average molecular weight is 454 g/mol. The Kier molecular flexibility index (Phi) is 6.48. The zero-order valence-electron chi connectivity index (χ0n) is 19.6. The van der Waals surface area contributed by atoms with Gasteiger partial charge in [0.2, 0.25) is 0 Å². The number of fused-ring (bicyclic) bond motifs is 1. The van der Waals surface area contributed by atoms with E-state index >= 15 is 0 Å². The molecular formula is C29H31N3O2. The van der Waals surface area contributed by atoms with Crippen molar-refractivity contribution in [3.63, 3.8) is 0 Å². The molecule has 174 valence electrons. The normalized spacial score (nSPS) is 15.0. The largest absolute Gasteiger partial charge is 0.361 e. The molecule has 1 saturated heterocycles. The van der Waals surface area contributed by atoms with Gasteiger partial charge < -0.3 is 4.98 Å². The number of amides is 1. The van der Waals surface area contributed by atoms with Crippen LogP contribution in [0.5, 0.6) is 0 Å². The van der Waals surface area contributed by atoms with E-state index in [1.807, 2.05) is 12.1 Å². The minimum atomic E-state index is -0.493. The Morgan fingerprint density at radius 1 is 1.00 bits per heavy atom. The molecule has 2 aromatic rings. The first kappa shape index (κ1) is 22.4. The molecule has 2 heterocycles. The highest BCUT2D eigenvalue weighted by molar-refractivity contribution is 5.93. The van der Waals surface area contributed by atoms with Crippen LogP contribution in [-0.2, 0) is 13.0 Å². The molecule has 3 aliphatic rings. The van der Waals surface area contributed by atoms with Crippen molar-refractivity contribution in [3.05, 3.63) is 106 Å². The quantitative estimate of drug-likeness (QED) is 0.266. The standard InChI is InChI=1S/C29H31N3O2/c1-20-2-4-22(5-3-20)19-32-14-12-23(13-15-32)27-17-26-11-10-25(28(26)30-18-27)16-21-6-8-24(9-7-21)29(33)31-34/h2-11,17-18,23,30,34H,12-16,19H2,1H3,(H,31,33). The van der Waals surface area contributed by atoms with Gasteiger partial charge in [0.15, 0.2) is 0 Å². The second-order valence-corrected chi connectivity index (χ2v) is 9.47. The van der Waals surface area contributed by atoms with Crippen molar-refractivity contribution in [2.75, 3.05) is 13.1 Å². The van der Waals surface area contributed by atoms with Crippen molar-refractivity contribution in [2.45, 2.75) is 38.6 Å². The van der Waals surface area contributed by atoms with Crippen LogP contribution in [0.2, 0.25) is 0 Å². The maximum atomic E-state index is 11.5. The topological polar surface area (TPSA) is 68.4 Å². The Bertz CT molecular complexity index is 1220. The lowest BCUT2D eigenvalue weighted by molar-refractivity contribution is 0.0706. The molecule has 0 unspecified atom stereocenters. The number of carbonyl (C=O) groups excluding carboxylic acids is 1. The molecule has 34 heavy (non-hydrogen) atoms. The monoisotopic (exact) mass is 453 g/mol. The summed E-state index contributed by atoms with van der Waals surface area (Å²) in [6, 6.07) is 23.0. The van der Waals surface area contributed by atoms with E-state index < -0.39 is 5.91 Å². The zero-order valence-corrected chi connectivity index (χ0v) is 19.6. The molecule has 0 saturated carbocycles. The number of pyridine rings is 1. The Morgan fingerprint density at radius 2 is 1.71 bits per heavy atom. The van der Waals surface area contributed by atoms with Gasteiger partial charge in [-0.1, -0.05) is 54.1 Å². The smallest absolute Gasteiger partial charge is 0.274 e. The van der Waals surface area contributed by atoms with Crippen molar-refractivity contribution >= 4 is 5.91 Å². The molecule has 2 aliphatic heterocycles. The first-order valence-corrected chi connectivity index (χ1v) is 12.0. The molecule has 3 N–H and O–H groups in total. The number of aromatic amines is 1. The lowest BCUT2D eigenvalue weighted by Gasteiger charge is -2.32. The summed E-state index contributed by atoms with van der Waals surface area (Å²) >= 11 is 0. The Labute approximate surface area is 200 Å². The number of carbonyl (C=O) groups is 1. The lowest BCUT2D eigenvalue weighted by Crippen LogP contribution is -2.32. The minimum absolute atomic E-state index is 0.444. The Hall–Kier alpha value is -3.41. The molecule has 2 aromatic carbocycles. The summed E-state index contributed by atoms with van der Waals surface area (Å²) in [5.41, 5.74) is 11.0. The molecule has 0 spiro atoms. The summed E-state index contributed by atoms with van der Waals surface area (Å²) < 4.78 is 0. The van der Waals surface area contributed by atoms with Gasteiger partial charge >= 0.3 is 0 Å². The van der Waals surface area contributed by atoms with Crippen molar-refractivity contribution < 1.29 is 10.0 Å². The van der Waals surface area contributed by atoms with Gasteiger partial charge in [-0.25, -0.2) is 5.48 Å². The number of benzene rings is 2. The van der Waals surface area contributed by atoms with Gasteiger partial charge in [-0.3, -0.25) is 14.9 Å². The van der Waals surface area contributed by atoms with Crippen LogP contribution in [-0.4, -0.2) is 34.1 Å². The van der Waals surface area contributed by atoms with Crippen LogP contribution in [0, 0.1) is 6.92 Å². The third-order valence-corrected chi connectivity index (χ3v) is 7.08. The molecule has 5 nitrogen and oxygen atoms in total. The van der Waals surface area contributed by atoms with Crippen molar-refractivity contribution in [1.29, 1.82) is 0 Å². The fourth-order valence-electron chi connectivity index (χ4n) is 5.03. The fraction of sp³-hybridized carbons (Fsp3) is 0.276. The van der Waals surface area contributed by atoms with Crippen molar-refractivity contribution in [2.24, 2.45) is 0 Å². The van der Waals surface area contributed by atoms with Crippen LogP contribution in [0.4, 0.5) is 0 Å². The van der Waals surface area contributed by atoms with Crippen LogP contribution in [0.3, 0.4) is 0 Å². The van der Waals surface area contributed by atoms with E-state index in [2.05, 4.69) is 65.5 Å². The number of piperidine rings is 1. The van der Waals surface area contributed by atoms with Crippen LogP contribution in [0.25, 0.3) is 11.3 Å². The highest BCUT2D eigenvalue weighted by atomic mass is 16.5. The fourth-order valence-corrected chi connectivity index (χ4v) is 5.03. The van der Waals surface area contributed by atoms with Gasteiger partial charge in [0.1, 0.15) is 0 Å². The van der Waals surface area contributed by atoms with Crippen LogP contribution >= 0.6 is 0 Å². The Balaban J connectivity index is 1.22. The van der Waals surface area contributed by atoms with E-state index in [4.69, 9.17) is 5.21 Å². The third-order valence-electron chi connectivity index (χ3n) is 7.08. The SMILES string of the molecule is Cc1ccc(CN2CCC(c3c[nH]c4c(Cc5ccc(C(=O)NO)cc5)ccc-4c3)CC2)cc1. The molecule has 5 heteroatoms. The summed E-state index contributed by atoms with van der Waals surface area (Å²) in [5, 5.41) is 8.77. The molecule has 0 bridgehead atoms. The molecule has 5 rings (SSSR count). The predicted octanol–water partition coefficient (Wildman–Crippen LogP) is 5.52. The second-order valence-electron chi connectivity index (χ2n) is 9.47. The van der Waals surface area contributed by atoms with E-state index in [-0.39, 0.29) is 0 Å². The Morgan fingerprint density at radius 3 is 2.41 bits per heavy atom. The van der Waals surface area contributed by atoms with E-state index in [1.165, 1.54) is 46.4 Å². The van der Waals surface area contributed by atoms with Crippen molar-refractivity contribution in [3.8, 4) is 11.3 Å². The van der Waals surface area contributed by atoms with Crippen molar-refractivity contribution in [1.82, 2.24) is 15.4 Å². The number of hydrogen-bond donors (Lipinski definition) is 3. The predicted molar refractivity (Wildman–Crippen MR) is 134 cm³/mol. The van der Waals surface area contributed by atoms with Gasteiger partial charge in [-0.05, 0) is 91.2 Å². The maximum Gasteiger partial charge on any atom is 0.274 e. The summed E-state index contributed by atoms with van der Waals surface area (Å²) in [6.07, 6.45) is 5.36. The van der Waals surface area contributed by atoms with E-state index in [0.717, 1.165) is 31.6 Å². The average Bonchev–Trinajstić information content (AvgIpc) is 3.27. The van der Waals surface area contributed by atoms with Gasteiger partial charge in [0, 0.05) is 24.0 Å². The third kappa shape index (κ3) is 4.91. The summed E-state index contributed by atoms with van der Waals surface area (Å²) in [5.74, 6) is 0.102. The van der Waals surface area contributed by atoms with Crippen LogP contribution in [0.1, 0.15) is 56.9 Å². The summed E-state index contributed by atoms with van der Waals surface area (Å²) in [7, 11) is 0. The van der Waals surface area contributed by atoms with E-state index in [1.54, 1.807) is 17.6 Å². The molecule has 0 aromatic heterocycles. The number of hydroxylamine groups is 1. The number of nitrogens with one attached hydrogen (secondary N) is 2. The molecule has 0 radical (unpaired) electrons. The molecule has 1 aliphatic carbocycles. The minimum Gasteiger partial charge on any atom is -0.361 e. The number of hydrogen-bond acceptors (Lipinski definition) is 3. The van der Waals surface area contributed by atoms with Gasteiger partial charge in [-0.2, -0.15) is 0 Å². The number of nitrogens with zero attached hydrogens (tertiary/aromatic N) is 1. The number of H-pyrrole nitrogens is 1. The highest BCUT2D eigenvalue weighted by Crippen LogP contribution is 2.34. The number of likely N-dealkylation sites (tertiary alicyclic amines) is 1. The highest BCUT2D eigenvalue weighted by Gasteiger charge is 2.22. The first-order valence-electron chi connectivity index (χ1n) is 12.0. The number of aromatic nitrogens is 1. The van der Waals surface area contributed by atoms with E-state index in [9.17, 15) is 4.79 Å². The van der Waals surface area contributed by atoms with Crippen LogP contribution in [0.15, 0.2) is 72.9 Å². The molecule has 1 amide bonds. The number of rotatable bonds is 6. The van der Waals surface area contributed by atoms with Gasteiger partial charge in [-0.15, -0.1) is 0 Å². The molecule has 1 fully saturated rings. The first-order chi connectivity index (χ1) is 16.6. The van der Waals surface area contributed by atoms with Crippen LogP contribution < -0.4 is 5.48 Å². The summed E-state index contributed by atoms with van der Waals surface area (Å²) in [6.45, 7) is 5.44. The maximum absolute atomic E-state index is 11.5. The number of aryl methyl sites for hydroxylation is 1. The summed E-state index contributed by atoms with van der Waals surface area (Å²) in [4.78, 5) is 17.7. The lowest BCUT2D eigenvalue weighted by atomic mass is 9.89. The van der Waals surface area contributed by atoms with E-state index in [0.29, 0.717) is 11.5 Å². The molecular weight excluding hydrogens is 422 g/mol. The van der Waals surface area contributed by atoms with Gasteiger partial charge in [0.05, 0.1) is 0 Å². The zero-order chi connectivity index (χ0) is 23.5.